The Morgan fingerprint density at radius 1 is 0.980 bits per heavy atom. The molecule has 3 aliphatic carbocycles. The van der Waals surface area contributed by atoms with Crippen molar-refractivity contribution in [2.45, 2.75) is 96.0 Å². The normalized spacial score (nSPS) is 24.5. The van der Waals surface area contributed by atoms with Crippen LogP contribution < -0.4 is 9.62 Å². The van der Waals surface area contributed by atoms with Crippen molar-refractivity contribution >= 4 is 39.3 Å². The highest BCUT2D eigenvalue weighted by Crippen LogP contribution is 2.57. The van der Waals surface area contributed by atoms with Crippen LogP contribution in [-0.2, 0) is 33.9 Å². The molecule has 1 aliphatic heterocycles. The fraction of sp³-hybridized carbons (Fsp3) is 0.538. The minimum atomic E-state index is -3.82. The van der Waals surface area contributed by atoms with Crippen molar-refractivity contribution in [3.63, 3.8) is 0 Å². The number of hydrogen-bond donors (Lipinski definition) is 1. The van der Waals surface area contributed by atoms with Crippen LogP contribution in [0.2, 0.25) is 0 Å². The smallest absolute Gasteiger partial charge is 0.306 e. The third-order valence-electron chi connectivity index (χ3n) is 11.0. The second-order valence-electron chi connectivity index (χ2n) is 15.6. The summed E-state index contributed by atoms with van der Waals surface area (Å²) in [7, 11) is -3.82. The number of amides is 2. The van der Waals surface area contributed by atoms with E-state index in [0.717, 1.165) is 42.5 Å². The molecule has 11 heteroatoms. The first-order chi connectivity index (χ1) is 23.7. The fourth-order valence-corrected chi connectivity index (χ4v) is 8.89. The molecule has 2 aromatic carbocycles. The number of rotatable bonds is 13. The topological polar surface area (TPSA) is 130 Å². The number of ketones is 1. The predicted octanol–water partition coefficient (Wildman–Crippen LogP) is 5.63. The van der Waals surface area contributed by atoms with E-state index in [1.54, 1.807) is 11.0 Å². The number of carbonyl (C=O) groups is 4. The first kappa shape index (κ1) is 35.8. The maximum atomic E-state index is 14.6. The van der Waals surface area contributed by atoms with E-state index in [2.05, 4.69) is 11.3 Å². The molecule has 0 bridgehead atoms. The van der Waals surface area contributed by atoms with E-state index in [1.807, 2.05) is 80.3 Å². The Morgan fingerprint density at radius 2 is 1.62 bits per heavy atom. The Labute approximate surface area is 295 Å². The third kappa shape index (κ3) is 7.67. The number of benzene rings is 2. The molecule has 1 heterocycles. The molecular formula is C39H49N3O7S. The number of nitrogens with one attached hydrogen (secondary N) is 1. The summed E-state index contributed by atoms with van der Waals surface area (Å²) in [5.41, 5.74) is 1.06. The number of sulfonamides is 1. The lowest BCUT2D eigenvalue weighted by atomic mass is 9.77. The van der Waals surface area contributed by atoms with Crippen molar-refractivity contribution in [1.82, 2.24) is 9.62 Å². The number of carbonyl (C=O) groups excluding carboxylic acids is 4. The van der Waals surface area contributed by atoms with Gasteiger partial charge in [0.15, 0.2) is 5.78 Å². The van der Waals surface area contributed by atoms with Gasteiger partial charge in [-0.1, -0.05) is 69.3 Å². The van der Waals surface area contributed by atoms with Crippen molar-refractivity contribution in [3.05, 3.63) is 67.3 Å². The molecule has 2 amide bonds. The second-order valence-corrected chi connectivity index (χ2v) is 17.6. The Hall–Kier alpha value is -3.99. The van der Waals surface area contributed by atoms with Gasteiger partial charge in [0.25, 0.3) is 0 Å². The highest BCUT2D eigenvalue weighted by atomic mass is 32.2. The van der Waals surface area contributed by atoms with E-state index in [-0.39, 0.29) is 49.8 Å². The number of Topliss-reactive ketones (excluding diaryl/α,β-unsaturated/α-hetero) is 1. The summed E-state index contributed by atoms with van der Waals surface area (Å²) in [5, 5.41) is -0.584. The summed E-state index contributed by atoms with van der Waals surface area (Å²) in [4.78, 5) is 59.1. The van der Waals surface area contributed by atoms with E-state index in [4.69, 9.17) is 4.74 Å². The van der Waals surface area contributed by atoms with Crippen LogP contribution in [0.4, 0.5) is 5.69 Å². The van der Waals surface area contributed by atoms with Crippen LogP contribution in [0.1, 0.15) is 78.6 Å². The fourth-order valence-electron chi connectivity index (χ4n) is 7.51. The van der Waals surface area contributed by atoms with E-state index < -0.39 is 49.9 Å². The zero-order chi connectivity index (χ0) is 35.8. The van der Waals surface area contributed by atoms with Gasteiger partial charge >= 0.3 is 5.97 Å². The molecule has 0 unspecified atom stereocenters. The van der Waals surface area contributed by atoms with Crippen molar-refractivity contribution in [2.75, 3.05) is 18.1 Å². The van der Waals surface area contributed by atoms with Gasteiger partial charge in [0.1, 0.15) is 12.1 Å². The van der Waals surface area contributed by atoms with Crippen molar-refractivity contribution < 1.29 is 32.3 Å². The summed E-state index contributed by atoms with van der Waals surface area (Å²) in [5.74, 6) is -2.87. The lowest BCUT2D eigenvalue weighted by molar-refractivity contribution is -0.156. The molecule has 0 spiro atoms. The summed E-state index contributed by atoms with van der Waals surface area (Å²) >= 11 is 0. The second kappa shape index (κ2) is 14.0. The summed E-state index contributed by atoms with van der Waals surface area (Å²) in [6.45, 7) is 9.86. The summed E-state index contributed by atoms with van der Waals surface area (Å²) in [6.07, 6.45) is 6.12. The Balaban J connectivity index is 1.26. The highest BCUT2D eigenvalue weighted by molar-refractivity contribution is 7.90. The van der Waals surface area contributed by atoms with Crippen molar-refractivity contribution in [1.29, 1.82) is 0 Å². The molecule has 0 aromatic heterocycles. The summed E-state index contributed by atoms with van der Waals surface area (Å²) in [6, 6.07) is 17.0. The molecular weight excluding hydrogens is 655 g/mol. The molecule has 4 fully saturated rings. The molecule has 2 aromatic rings. The Kier molecular flexibility index (Phi) is 10.0. The Morgan fingerprint density at radius 3 is 2.20 bits per heavy atom. The van der Waals surface area contributed by atoms with Crippen LogP contribution in [0.25, 0.3) is 11.1 Å². The number of anilines is 1. The number of hydrogen-bond acceptors (Lipinski definition) is 8. The zero-order valence-corrected chi connectivity index (χ0v) is 30.1. The van der Waals surface area contributed by atoms with Gasteiger partial charge < -0.3 is 14.5 Å². The average Bonchev–Trinajstić information content (AvgIpc) is 3.96. The molecule has 1 N–H and O–H groups in total. The quantitative estimate of drug-likeness (QED) is 0.210. The van der Waals surface area contributed by atoms with E-state index >= 15 is 0 Å². The molecule has 1 saturated heterocycles. The van der Waals surface area contributed by atoms with Gasteiger partial charge in [-0.3, -0.25) is 23.9 Å². The monoisotopic (exact) mass is 703 g/mol. The molecule has 4 atom stereocenters. The van der Waals surface area contributed by atoms with Crippen LogP contribution in [-0.4, -0.2) is 67.5 Å². The maximum absolute atomic E-state index is 14.6. The van der Waals surface area contributed by atoms with E-state index in [9.17, 15) is 27.6 Å². The van der Waals surface area contributed by atoms with E-state index in [0.29, 0.717) is 19.3 Å². The number of ether oxygens (including phenoxy) is 1. The minimum absolute atomic E-state index is 0.105. The predicted molar refractivity (Wildman–Crippen MR) is 191 cm³/mol. The van der Waals surface area contributed by atoms with Crippen LogP contribution in [0.3, 0.4) is 0 Å². The molecule has 0 radical (unpaired) electrons. The van der Waals surface area contributed by atoms with Gasteiger partial charge in [0, 0.05) is 18.7 Å². The maximum Gasteiger partial charge on any atom is 0.306 e. The van der Waals surface area contributed by atoms with Crippen molar-refractivity contribution in [3.8, 4) is 11.1 Å². The van der Waals surface area contributed by atoms with E-state index in [1.165, 1.54) is 0 Å². The molecule has 50 heavy (non-hydrogen) atoms. The lowest BCUT2D eigenvalue weighted by Crippen LogP contribution is -2.49. The molecule has 6 rings (SSSR count). The van der Waals surface area contributed by atoms with Crippen LogP contribution in [0, 0.1) is 22.7 Å². The van der Waals surface area contributed by atoms with Gasteiger partial charge in [0.2, 0.25) is 21.8 Å². The Bertz CT molecular complexity index is 1730. The van der Waals surface area contributed by atoms with Crippen LogP contribution in [0.15, 0.2) is 67.3 Å². The SMILES string of the molecule is C=C[C@@H]1C[C@]1(CC(=O)[C@@H]1CN(c2ccc(-c3ccccc3)cc2)CN1C(=O)[C@@H](CC(=O)OC1CCCC1)C(C)(C)C)C(=O)NS(=O)(=O)C1CC1. The van der Waals surface area contributed by atoms with Gasteiger partial charge in [0.05, 0.1) is 29.7 Å². The van der Waals surface area contributed by atoms with Crippen molar-refractivity contribution in [2.24, 2.45) is 22.7 Å². The largest absolute Gasteiger partial charge is 0.462 e. The average molecular weight is 704 g/mol. The van der Waals surface area contributed by atoms with Crippen LogP contribution in [0.5, 0.6) is 0 Å². The lowest BCUT2D eigenvalue weighted by Gasteiger charge is -2.34. The van der Waals surface area contributed by atoms with Gasteiger partial charge in [-0.15, -0.1) is 6.58 Å². The molecule has 3 saturated carbocycles. The first-order valence-corrected chi connectivity index (χ1v) is 19.4. The number of esters is 1. The van der Waals surface area contributed by atoms with Gasteiger partial charge in [-0.25, -0.2) is 8.42 Å². The zero-order valence-electron chi connectivity index (χ0n) is 29.3. The third-order valence-corrected chi connectivity index (χ3v) is 12.8. The number of allylic oxidation sites excluding steroid dienone is 1. The molecule has 268 valence electrons. The summed E-state index contributed by atoms with van der Waals surface area (Å²) < 4.78 is 33.4. The molecule has 4 aliphatic rings. The number of nitrogens with zero attached hydrogens (tertiary/aromatic N) is 2. The molecule has 10 nitrogen and oxygen atoms in total. The highest BCUT2D eigenvalue weighted by Gasteiger charge is 2.61. The standard InChI is InChI=1S/C39H49N3O7S/c1-5-28-22-39(28,37(46)40-50(47,48)31-19-20-31)23-34(43)33-24-41(29-17-15-27(16-18-29)26-11-7-6-8-12-26)25-42(33)36(45)32(38(2,3)4)21-35(44)49-30-13-9-10-14-30/h5-8,11-12,15-18,28,30-33H,1,9-10,13-14,19-25H2,2-4H3,(H,40,46)/t28-,32-,33+,39-/m1/s1. The minimum Gasteiger partial charge on any atom is -0.462 e. The first-order valence-electron chi connectivity index (χ1n) is 17.8. The van der Waals surface area contributed by atoms with Crippen LogP contribution >= 0.6 is 0 Å². The van der Waals surface area contributed by atoms with Gasteiger partial charge in [-0.2, -0.15) is 0 Å². The van der Waals surface area contributed by atoms with Gasteiger partial charge in [-0.05, 0) is 79.5 Å².